The maximum atomic E-state index is 10.8. The Morgan fingerprint density at radius 2 is 2.15 bits per heavy atom. The second-order valence-electron chi connectivity index (χ2n) is 2.90. The Balaban J connectivity index is 2.31. The molecule has 1 heterocycles. The first kappa shape index (κ1) is 8.10. The molecule has 0 bridgehead atoms. The summed E-state index contributed by atoms with van der Waals surface area (Å²) in [5.41, 5.74) is 4.68. The van der Waals surface area contributed by atoms with E-state index in [0.29, 0.717) is 0 Å². The average molecular weight is 178 g/mol. The highest BCUT2D eigenvalue weighted by molar-refractivity contribution is 5.38. The van der Waals surface area contributed by atoms with Gasteiger partial charge in [-0.2, -0.15) is 5.01 Å². The summed E-state index contributed by atoms with van der Waals surface area (Å²) >= 11 is 0. The van der Waals surface area contributed by atoms with Crippen molar-refractivity contribution >= 4 is 5.69 Å². The minimum atomic E-state index is -0.349. The molecule has 4 heteroatoms. The van der Waals surface area contributed by atoms with Crippen molar-refractivity contribution in [3.63, 3.8) is 0 Å². The predicted molar refractivity (Wildman–Crippen MR) is 44.1 cm³/mol. The highest BCUT2D eigenvalue weighted by Crippen LogP contribution is 2.08. The Hall–Kier alpha value is -1.52. The van der Waals surface area contributed by atoms with E-state index in [1.807, 2.05) is 31.2 Å². The molecule has 2 N–H and O–H groups in total. The molecule has 0 saturated carbocycles. The molecule has 2 rings (SSSR count). The van der Waals surface area contributed by atoms with Gasteiger partial charge in [-0.15, -0.1) is 0 Å². The van der Waals surface area contributed by atoms with Crippen LogP contribution >= 0.6 is 0 Å². The number of hydrogen-bond donors (Lipinski definition) is 2. The van der Waals surface area contributed by atoms with E-state index in [4.69, 9.17) is 0 Å². The van der Waals surface area contributed by atoms with Gasteiger partial charge in [-0.3, -0.25) is 0 Å². The molecule has 1 aliphatic rings. The maximum absolute atomic E-state index is 10.8. The number of benzene rings is 1. The molecule has 0 amide bonds. The van der Waals surface area contributed by atoms with E-state index in [1.165, 1.54) is 6.20 Å². The summed E-state index contributed by atoms with van der Waals surface area (Å²) in [6.07, 6.45) is 1.45. The van der Waals surface area contributed by atoms with Crippen molar-refractivity contribution < 1.29 is 15.0 Å². The van der Waals surface area contributed by atoms with Gasteiger partial charge in [0.1, 0.15) is 12.1 Å². The lowest BCUT2D eigenvalue weighted by molar-refractivity contribution is -0.847. The van der Waals surface area contributed by atoms with Gasteiger partial charge in [-0.1, -0.05) is 23.8 Å². The van der Waals surface area contributed by atoms with Gasteiger partial charge >= 0.3 is 0 Å². The molecule has 0 fully saturated rings. The molecule has 0 aliphatic carbocycles. The average Bonchev–Trinajstić information content (AvgIpc) is 2.53. The standard InChI is InChI=1S/C9H10N2O2/c1-7-4-2-3-5-8(7)11-6-9(12)13-10-11/h2-6,10,12H,1H3. The van der Waals surface area contributed by atoms with Gasteiger partial charge in [0.05, 0.1) is 0 Å². The number of aryl methyl sites for hydroxylation is 1. The fourth-order valence-corrected chi connectivity index (χ4v) is 1.29. The summed E-state index contributed by atoms with van der Waals surface area (Å²) < 4.78 is 0. The van der Waals surface area contributed by atoms with Crippen LogP contribution in [0.5, 0.6) is 0 Å². The van der Waals surface area contributed by atoms with E-state index in [9.17, 15) is 5.11 Å². The predicted octanol–water partition coefficient (Wildman–Crippen LogP) is -0.880. The zero-order valence-electron chi connectivity index (χ0n) is 7.20. The summed E-state index contributed by atoms with van der Waals surface area (Å²) in [6, 6.07) is 7.81. The summed E-state index contributed by atoms with van der Waals surface area (Å²) in [4.78, 5) is 4.59. The molecule has 4 nitrogen and oxygen atoms in total. The summed E-state index contributed by atoms with van der Waals surface area (Å²) in [7, 11) is 0. The van der Waals surface area contributed by atoms with E-state index in [2.05, 4.69) is 10.4 Å². The maximum Gasteiger partial charge on any atom is 0.159 e. The SMILES string of the molecule is Cc1ccccc1[NH+]1C=C([O-])ON1. The van der Waals surface area contributed by atoms with E-state index < -0.39 is 0 Å². The minimum absolute atomic E-state index is 0.349. The van der Waals surface area contributed by atoms with E-state index in [1.54, 1.807) is 0 Å². The zero-order chi connectivity index (χ0) is 9.26. The van der Waals surface area contributed by atoms with Crippen molar-refractivity contribution in [3.8, 4) is 0 Å². The molecule has 1 aromatic carbocycles. The van der Waals surface area contributed by atoms with Gasteiger partial charge in [-0.25, -0.2) is 0 Å². The molecule has 1 atom stereocenters. The van der Waals surface area contributed by atoms with Crippen molar-refractivity contribution in [2.24, 2.45) is 0 Å². The molecule has 68 valence electrons. The fraction of sp³-hybridized carbons (Fsp3) is 0.111. The number of rotatable bonds is 1. The van der Waals surface area contributed by atoms with Crippen LogP contribution in [0.15, 0.2) is 36.4 Å². The molecule has 1 aliphatic heterocycles. The van der Waals surface area contributed by atoms with Gasteiger partial charge in [0.2, 0.25) is 0 Å². The molecule has 0 spiro atoms. The Kier molecular flexibility index (Phi) is 1.92. The highest BCUT2D eigenvalue weighted by Gasteiger charge is 2.15. The van der Waals surface area contributed by atoms with Gasteiger partial charge in [0.15, 0.2) is 5.69 Å². The van der Waals surface area contributed by atoms with E-state index in [-0.39, 0.29) is 5.95 Å². The van der Waals surface area contributed by atoms with E-state index >= 15 is 0 Å². The van der Waals surface area contributed by atoms with Crippen LogP contribution in [0.25, 0.3) is 0 Å². The van der Waals surface area contributed by atoms with Crippen molar-refractivity contribution in [1.82, 2.24) is 5.59 Å². The molecule has 0 saturated heterocycles. The van der Waals surface area contributed by atoms with Crippen LogP contribution in [0.1, 0.15) is 5.56 Å². The van der Waals surface area contributed by atoms with Gasteiger partial charge in [-0.05, 0) is 6.92 Å². The second-order valence-corrected chi connectivity index (χ2v) is 2.90. The quantitative estimate of drug-likeness (QED) is 0.587. The first-order chi connectivity index (χ1) is 6.27. The monoisotopic (exact) mass is 178 g/mol. The van der Waals surface area contributed by atoms with Crippen LogP contribution in [0, 0.1) is 6.92 Å². The zero-order valence-corrected chi connectivity index (χ0v) is 7.20. The van der Waals surface area contributed by atoms with Crippen LogP contribution in [0.2, 0.25) is 0 Å². The van der Waals surface area contributed by atoms with Gasteiger partial charge < -0.3 is 9.94 Å². The van der Waals surface area contributed by atoms with Crippen molar-refractivity contribution in [3.05, 3.63) is 42.0 Å². The van der Waals surface area contributed by atoms with Crippen LogP contribution in [-0.4, -0.2) is 0 Å². The number of quaternary nitrogens is 1. The minimum Gasteiger partial charge on any atom is -0.540 e. The molecular weight excluding hydrogens is 168 g/mol. The lowest BCUT2D eigenvalue weighted by atomic mass is 10.2. The largest absolute Gasteiger partial charge is 0.540 e. The fourth-order valence-electron chi connectivity index (χ4n) is 1.29. The van der Waals surface area contributed by atoms with Gasteiger partial charge in [0, 0.05) is 11.6 Å². The molecule has 0 aromatic heterocycles. The number of hydrogen-bond acceptors (Lipinski definition) is 3. The lowest BCUT2D eigenvalue weighted by Gasteiger charge is -2.12. The summed E-state index contributed by atoms with van der Waals surface area (Å²) in [6.45, 7) is 1.99. The normalized spacial score (nSPS) is 21.0. The Bertz CT molecular complexity index is 349. The van der Waals surface area contributed by atoms with Crippen molar-refractivity contribution in [2.45, 2.75) is 6.92 Å². The summed E-state index contributed by atoms with van der Waals surface area (Å²) in [5, 5.41) is 11.5. The third-order valence-corrected chi connectivity index (χ3v) is 1.96. The topological polar surface area (TPSA) is 48.8 Å². The van der Waals surface area contributed by atoms with Crippen LogP contribution in [-0.2, 0) is 4.84 Å². The van der Waals surface area contributed by atoms with Crippen LogP contribution < -0.4 is 15.7 Å². The first-order valence-electron chi connectivity index (χ1n) is 4.02. The van der Waals surface area contributed by atoms with Crippen LogP contribution in [0.3, 0.4) is 0 Å². The smallest absolute Gasteiger partial charge is 0.159 e. The highest BCUT2D eigenvalue weighted by atomic mass is 16.8. The Morgan fingerprint density at radius 1 is 1.38 bits per heavy atom. The van der Waals surface area contributed by atoms with Gasteiger partial charge in [0.25, 0.3) is 0 Å². The molecule has 1 aromatic rings. The molecular formula is C9H10N2O2. The molecule has 1 unspecified atom stereocenters. The van der Waals surface area contributed by atoms with Crippen LogP contribution in [0.4, 0.5) is 5.69 Å². The molecule has 0 radical (unpaired) electrons. The first-order valence-corrected chi connectivity index (χ1v) is 4.02. The second kappa shape index (κ2) is 3.08. The van der Waals surface area contributed by atoms with Crippen molar-refractivity contribution in [1.29, 1.82) is 0 Å². The third kappa shape index (κ3) is 1.49. The number of nitrogens with one attached hydrogen (secondary N) is 2. The lowest BCUT2D eigenvalue weighted by Crippen LogP contribution is -3.08. The Labute approximate surface area is 76.0 Å². The molecule has 13 heavy (non-hydrogen) atoms. The summed E-state index contributed by atoms with van der Waals surface area (Å²) in [5.74, 6) is -0.349. The third-order valence-electron chi connectivity index (χ3n) is 1.96. The van der Waals surface area contributed by atoms with Crippen molar-refractivity contribution in [2.75, 3.05) is 0 Å². The van der Waals surface area contributed by atoms with E-state index in [0.717, 1.165) is 16.3 Å². The number of para-hydroxylation sites is 1. The Morgan fingerprint density at radius 3 is 2.77 bits per heavy atom.